The lowest BCUT2D eigenvalue weighted by Crippen LogP contribution is -2.39. The minimum atomic E-state index is -0.00357. The van der Waals surface area contributed by atoms with E-state index in [2.05, 4.69) is 27.6 Å². The lowest BCUT2D eigenvalue weighted by molar-refractivity contribution is 0.0764. The highest BCUT2D eigenvalue weighted by Gasteiger charge is 2.25. The van der Waals surface area contributed by atoms with Crippen LogP contribution >= 0.6 is 0 Å². The van der Waals surface area contributed by atoms with E-state index >= 15 is 0 Å². The Labute approximate surface area is 150 Å². The number of carbonyl (C=O) groups excluding carboxylic acids is 1. The van der Waals surface area contributed by atoms with E-state index in [1.807, 2.05) is 23.6 Å². The van der Waals surface area contributed by atoms with Crippen molar-refractivity contribution >= 4 is 5.91 Å². The molecule has 0 aromatic carbocycles. The molecule has 3 rings (SSSR count). The Morgan fingerprint density at radius 2 is 2.04 bits per heavy atom. The highest BCUT2D eigenvalue weighted by atomic mass is 16.2. The second kappa shape index (κ2) is 8.27. The summed E-state index contributed by atoms with van der Waals surface area (Å²) in [4.78, 5) is 17.0. The molecule has 1 aromatic heterocycles. The van der Waals surface area contributed by atoms with E-state index in [0.29, 0.717) is 17.8 Å². The molecule has 7 heteroatoms. The molecule has 140 valence electrons. The second-order valence-electron chi connectivity index (χ2n) is 7.59. The van der Waals surface area contributed by atoms with Crippen LogP contribution in [0.25, 0.3) is 0 Å². The molecule has 1 atom stereocenters. The lowest BCUT2D eigenvalue weighted by atomic mass is 10.00. The van der Waals surface area contributed by atoms with Crippen LogP contribution in [-0.4, -0.2) is 77.0 Å². The molecule has 0 aliphatic carbocycles. The van der Waals surface area contributed by atoms with Crippen molar-refractivity contribution in [2.75, 3.05) is 40.3 Å². The molecular weight excluding hydrogens is 316 g/mol. The molecule has 0 spiro atoms. The van der Waals surface area contributed by atoms with Crippen molar-refractivity contribution in [1.29, 1.82) is 0 Å². The zero-order chi connectivity index (χ0) is 17.8. The Bertz CT molecular complexity index is 580. The van der Waals surface area contributed by atoms with E-state index in [-0.39, 0.29) is 5.91 Å². The first kappa shape index (κ1) is 18.3. The van der Waals surface area contributed by atoms with Gasteiger partial charge in [0.15, 0.2) is 5.69 Å². The van der Waals surface area contributed by atoms with Gasteiger partial charge in [-0.3, -0.25) is 4.79 Å². The zero-order valence-corrected chi connectivity index (χ0v) is 15.9. The van der Waals surface area contributed by atoms with Crippen LogP contribution in [0.2, 0.25) is 0 Å². The normalized spacial score (nSPS) is 22.9. The number of hydrogen-bond acceptors (Lipinski definition) is 5. The predicted molar refractivity (Wildman–Crippen MR) is 97.7 cm³/mol. The molecule has 0 bridgehead atoms. The van der Waals surface area contributed by atoms with Crippen molar-refractivity contribution in [3.05, 3.63) is 11.4 Å². The van der Waals surface area contributed by atoms with Gasteiger partial charge in [-0.05, 0) is 65.7 Å². The van der Waals surface area contributed by atoms with Crippen LogP contribution in [0.5, 0.6) is 0 Å². The van der Waals surface area contributed by atoms with Gasteiger partial charge in [0, 0.05) is 19.6 Å². The second-order valence-corrected chi connectivity index (χ2v) is 7.59. The van der Waals surface area contributed by atoms with Gasteiger partial charge in [0.05, 0.1) is 11.7 Å². The minimum absolute atomic E-state index is 0.00357. The number of rotatable bonds is 5. The quantitative estimate of drug-likeness (QED) is 0.873. The molecule has 1 unspecified atom stereocenters. The van der Waals surface area contributed by atoms with Crippen LogP contribution in [0, 0.1) is 6.92 Å². The number of nitrogens with one attached hydrogen (secondary N) is 1. The Morgan fingerprint density at radius 1 is 1.28 bits per heavy atom. The monoisotopic (exact) mass is 348 g/mol. The summed E-state index contributed by atoms with van der Waals surface area (Å²) < 4.78 is 1.96. The van der Waals surface area contributed by atoms with Crippen LogP contribution in [0.3, 0.4) is 0 Å². The van der Waals surface area contributed by atoms with Gasteiger partial charge in [-0.25, -0.2) is 4.68 Å². The molecule has 1 aromatic rings. The molecule has 0 saturated carbocycles. The predicted octanol–water partition coefficient (Wildman–Crippen LogP) is 1.46. The fraction of sp³-hybridized carbons (Fsp3) is 0.833. The molecule has 7 nitrogen and oxygen atoms in total. The van der Waals surface area contributed by atoms with Gasteiger partial charge in [-0.15, -0.1) is 5.10 Å². The topological polar surface area (TPSA) is 66.3 Å². The number of carbonyl (C=O) groups is 1. The Balaban J connectivity index is 1.59. The molecular formula is C18H32N6O. The maximum atomic E-state index is 12.8. The molecule has 25 heavy (non-hydrogen) atoms. The van der Waals surface area contributed by atoms with Crippen LogP contribution in [-0.2, 0) is 0 Å². The van der Waals surface area contributed by atoms with Gasteiger partial charge < -0.3 is 15.1 Å². The number of piperidine rings is 2. The smallest absolute Gasteiger partial charge is 0.276 e. The van der Waals surface area contributed by atoms with Gasteiger partial charge in [0.25, 0.3) is 5.91 Å². The molecule has 2 aliphatic rings. The van der Waals surface area contributed by atoms with Gasteiger partial charge in [-0.1, -0.05) is 11.6 Å². The Morgan fingerprint density at radius 3 is 2.76 bits per heavy atom. The zero-order valence-electron chi connectivity index (χ0n) is 15.9. The van der Waals surface area contributed by atoms with E-state index in [1.165, 1.54) is 25.8 Å². The SMILES string of the molecule is Cc1c(C(=O)N(C)CCC2CCCCN2C)nnn1C1CCNCC1. The molecule has 2 aliphatic heterocycles. The first-order valence-corrected chi connectivity index (χ1v) is 9.66. The summed E-state index contributed by atoms with van der Waals surface area (Å²) in [7, 11) is 4.08. The molecule has 2 fully saturated rings. The molecule has 2 saturated heterocycles. The summed E-state index contributed by atoms with van der Waals surface area (Å²) in [5.74, 6) is -0.00357. The molecule has 1 N–H and O–H groups in total. The number of nitrogens with zero attached hydrogens (tertiary/aromatic N) is 5. The summed E-state index contributed by atoms with van der Waals surface area (Å²) in [6.45, 7) is 5.92. The van der Waals surface area contributed by atoms with Crippen molar-refractivity contribution in [2.45, 2.75) is 57.5 Å². The molecule has 1 amide bonds. The fourth-order valence-electron chi connectivity index (χ4n) is 4.07. The van der Waals surface area contributed by atoms with Crippen LogP contribution in [0.15, 0.2) is 0 Å². The summed E-state index contributed by atoms with van der Waals surface area (Å²) in [5, 5.41) is 11.9. The standard InChI is InChI=1S/C18H32N6O/c1-14-17(20-21-24(14)16-7-10-19-11-8-16)18(25)23(3)13-9-15-6-4-5-12-22(15)2/h15-16,19H,4-13H2,1-3H3. The van der Waals surface area contributed by atoms with Crippen LogP contribution in [0.4, 0.5) is 0 Å². The third-order valence-electron chi connectivity index (χ3n) is 5.85. The first-order chi connectivity index (χ1) is 12.1. The van der Waals surface area contributed by atoms with E-state index < -0.39 is 0 Å². The summed E-state index contributed by atoms with van der Waals surface area (Å²) >= 11 is 0. The largest absolute Gasteiger partial charge is 0.340 e. The lowest BCUT2D eigenvalue weighted by Gasteiger charge is -2.33. The average Bonchev–Trinajstić information content (AvgIpc) is 3.02. The van der Waals surface area contributed by atoms with Gasteiger partial charge in [0.2, 0.25) is 0 Å². The maximum Gasteiger partial charge on any atom is 0.276 e. The Kier molecular flexibility index (Phi) is 6.06. The first-order valence-electron chi connectivity index (χ1n) is 9.66. The van der Waals surface area contributed by atoms with Gasteiger partial charge in [-0.2, -0.15) is 0 Å². The summed E-state index contributed by atoms with van der Waals surface area (Å²) in [5.41, 5.74) is 1.41. The van der Waals surface area contributed by atoms with Crippen molar-refractivity contribution in [3.63, 3.8) is 0 Å². The van der Waals surface area contributed by atoms with E-state index in [9.17, 15) is 4.79 Å². The highest BCUT2D eigenvalue weighted by Crippen LogP contribution is 2.21. The highest BCUT2D eigenvalue weighted by molar-refractivity contribution is 5.93. The Hall–Kier alpha value is -1.47. The maximum absolute atomic E-state index is 12.8. The van der Waals surface area contributed by atoms with E-state index in [1.54, 1.807) is 0 Å². The number of aromatic nitrogens is 3. The van der Waals surface area contributed by atoms with Gasteiger partial charge in [0.1, 0.15) is 0 Å². The molecule has 3 heterocycles. The van der Waals surface area contributed by atoms with Crippen LogP contribution < -0.4 is 5.32 Å². The van der Waals surface area contributed by atoms with Gasteiger partial charge >= 0.3 is 0 Å². The summed E-state index contributed by atoms with van der Waals surface area (Å²) in [6, 6.07) is 0.951. The minimum Gasteiger partial charge on any atom is -0.340 e. The van der Waals surface area contributed by atoms with E-state index in [4.69, 9.17) is 0 Å². The van der Waals surface area contributed by atoms with Crippen molar-refractivity contribution < 1.29 is 4.79 Å². The fourth-order valence-corrected chi connectivity index (χ4v) is 4.07. The van der Waals surface area contributed by atoms with Crippen molar-refractivity contribution in [2.24, 2.45) is 0 Å². The van der Waals surface area contributed by atoms with Crippen molar-refractivity contribution in [3.8, 4) is 0 Å². The number of amides is 1. The summed E-state index contributed by atoms with van der Waals surface area (Å²) in [6.07, 6.45) is 6.95. The van der Waals surface area contributed by atoms with Crippen LogP contribution in [0.1, 0.15) is 60.7 Å². The average molecular weight is 348 g/mol. The molecule has 0 radical (unpaired) electrons. The van der Waals surface area contributed by atoms with Crippen molar-refractivity contribution in [1.82, 2.24) is 30.1 Å². The number of hydrogen-bond donors (Lipinski definition) is 1. The third-order valence-corrected chi connectivity index (χ3v) is 5.85. The van der Waals surface area contributed by atoms with E-state index in [0.717, 1.165) is 44.6 Å². The number of likely N-dealkylation sites (tertiary alicyclic amines) is 1. The third kappa shape index (κ3) is 4.20.